The molecule has 1 atom stereocenters. The maximum atomic E-state index is 9.20. The molecular weight excluding hydrogens is 231 g/mol. The Morgan fingerprint density at radius 2 is 2.10 bits per heavy atom. The van der Waals surface area contributed by atoms with Crippen molar-refractivity contribution >= 4 is 21.1 Å². The second-order valence-corrected chi connectivity index (χ2v) is 6.64. The molecule has 1 unspecified atom stereocenters. The van der Waals surface area contributed by atoms with E-state index in [0.29, 0.717) is 0 Å². The molecule has 2 radical (unpaired) electrons. The van der Waals surface area contributed by atoms with Crippen LogP contribution in [0.25, 0.3) is 0 Å². The van der Waals surface area contributed by atoms with Gasteiger partial charge in [-0.3, -0.25) is 0 Å². The van der Waals surface area contributed by atoms with Gasteiger partial charge >= 0.3 is 74.3 Å². The van der Waals surface area contributed by atoms with Crippen LogP contribution in [0.5, 0.6) is 0 Å². The van der Waals surface area contributed by atoms with Gasteiger partial charge in [0.2, 0.25) is 0 Å². The van der Waals surface area contributed by atoms with Crippen LogP contribution in [0.4, 0.5) is 0 Å². The first-order valence-electron chi connectivity index (χ1n) is 4.20. The maximum absolute atomic E-state index is 9.20. The predicted octanol–water partition coefficient (Wildman–Crippen LogP) is 2.10. The summed E-state index contributed by atoms with van der Waals surface area (Å²) in [6.45, 7) is 4.29. The van der Waals surface area contributed by atoms with E-state index >= 15 is 0 Å². The van der Waals surface area contributed by atoms with Crippen LogP contribution < -0.4 is 0 Å². The van der Waals surface area contributed by atoms with Gasteiger partial charge in [0, 0.05) is 0 Å². The van der Waals surface area contributed by atoms with E-state index in [1.807, 2.05) is 0 Å². The summed E-state index contributed by atoms with van der Waals surface area (Å²) in [6, 6.07) is 0. The second-order valence-electron chi connectivity index (χ2n) is 2.62. The quantitative estimate of drug-likeness (QED) is 0.564. The minimum atomic E-state index is -0.156. The number of rotatable bonds is 6. The first-order valence-corrected chi connectivity index (χ1v) is 8.23. The van der Waals surface area contributed by atoms with Crippen LogP contribution in [0.15, 0.2) is 0 Å². The Kier molecular flexibility index (Phi) is 8.46. The van der Waals surface area contributed by atoms with Crippen molar-refractivity contribution in [2.24, 2.45) is 0 Å². The Morgan fingerprint density at radius 1 is 1.40 bits per heavy atom. The predicted molar refractivity (Wildman–Crippen MR) is 46.6 cm³/mol. The summed E-state index contributed by atoms with van der Waals surface area (Å²) in [5, 5.41) is 9.20. The molecule has 0 aliphatic carbocycles. The third kappa shape index (κ3) is 6.87. The Labute approximate surface area is 74.4 Å². The van der Waals surface area contributed by atoms with Crippen molar-refractivity contribution in [3.8, 4) is 0 Å². The molecule has 0 aromatic heterocycles. The number of hydrogen-bond donors (Lipinski definition) is 1. The molecule has 10 heavy (non-hydrogen) atoms. The number of aliphatic hydroxyl groups is 1. The first-order chi connectivity index (χ1) is 4.81. The summed E-state index contributed by atoms with van der Waals surface area (Å²) in [5.41, 5.74) is 0. The molecule has 0 saturated heterocycles. The van der Waals surface area contributed by atoms with Crippen LogP contribution in [0.1, 0.15) is 33.1 Å². The van der Waals surface area contributed by atoms with Gasteiger partial charge in [0.1, 0.15) is 0 Å². The zero-order valence-corrected chi connectivity index (χ0v) is 9.91. The molecular formula is C8H18OSn. The van der Waals surface area contributed by atoms with Gasteiger partial charge in [-0.2, -0.15) is 0 Å². The molecule has 0 aromatic rings. The molecule has 0 saturated carbocycles. The van der Waals surface area contributed by atoms with Crippen LogP contribution in [0.2, 0.25) is 8.87 Å². The molecule has 0 aliphatic heterocycles. The van der Waals surface area contributed by atoms with Crippen molar-refractivity contribution in [2.75, 3.05) is 0 Å². The average molecular weight is 249 g/mol. The van der Waals surface area contributed by atoms with Gasteiger partial charge in [-0.05, 0) is 0 Å². The van der Waals surface area contributed by atoms with Crippen LogP contribution in [0, 0.1) is 0 Å². The molecule has 0 aromatic carbocycles. The normalized spacial score (nSPS) is 13.5. The Hall–Kier alpha value is 0.759. The van der Waals surface area contributed by atoms with E-state index in [1.165, 1.54) is 21.7 Å². The molecule has 0 amide bonds. The molecule has 0 spiro atoms. The van der Waals surface area contributed by atoms with Gasteiger partial charge in [-0.1, -0.05) is 0 Å². The van der Waals surface area contributed by atoms with Crippen LogP contribution in [0.3, 0.4) is 0 Å². The van der Waals surface area contributed by atoms with Crippen molar-refractivity contribution in [1.82, 2.24) is 0 Å². The van der Waals surface area contributed by atoms with Gasteiger partial charge in [-0.15, -0.1) is 0 Å². The minimum absolute atomic E-state index is 0.0310. The fraction of sp³-hybridized carbons (Fsp3) is 1.00. The van der Waals surface area contributed by atoms with Crippen LogP contribution in [-0.2, 0) is 0 Å². The number of hydrogen-bond acceptors (Lipinski definition) is 1. The van der Waals surface area contributed by atoms with E-state index in [4.69, 9.17) is 0 Å². The summed E-state index contributed by atoms with van der Waals surface area (Å²) in [4.78, 5) is 0. The van der Waals surface area contributed by atoms with Crippen molar-refractivity contribution in [2.45, 2.75) is 48.1 Å². The fourth-order valence-corrected chi connectivity index (χ4v) is 4.79. The van der Waals surface area contributed by atoms with Crippen molar-refractivity contribution < 1.29 is 5.11 Å². The van der Waals surface area contributed by atoms with Gasteiger partial charge in [0.15, 0.2) is 0 Å². The molecule has 0 heterocycles. The van der Waals surface area contributed by atoms with Gasteiger partial charge in [0.05, 0.1) is 0 Å². The molecule has 0 fully saturated rings. The van der Waals surface area contributed by atoms with E-state index in [2.05, 4.69) is 13.8 Å². The Morgan fingerprint density at radius 3 is 2.60 bits per heavy atom. The van der Waals surface area contributed by atoms with Crippen molar-refractivity contribution in [1.29, 1.82) is 0 Å². The zero-order valence-electron chi connectivity index (χ0n) is 7.06. The second kappa shape index (κ2) is 7.86. The third-order valence-corrected chi connectivity index (χ3v) is 5.75. The van der Waals surface area contributed by atoms with Gasteiger partial charge in [0.25, 0.3) is 0 Å². The fourth-order valence-electron chi connectivity index (χ4n) is 0.715. The van der Waals surface area contributed by atoms with E-state index in [0.717, 1.165) is 6.42 Å². The van der Waals surface area contributed by atoms with E-state index in [1.54, 1.807) is 0 Å². The topological polar surface area (TPSA) is 20.2 Å². The summed E-state index contributed by atoms with van der Waals surface area (Å²) in [5.74, 6) is 0. The average Bonchev–Trinajstić information content (AvgIpc) is 1.98. The first kappa shape index (κ1) is 10.8. The van der Waals surface area contributed by atoms with E-state index < -0.39 is 0 Å². The van der Waals surface area contributed by atoms with Crippen molar-refractivity contribution in [3.05, 3.63) is 0 Å². The molecule has 0 aliphatic rings. The summed E-state index contributed by atoms with van der Waals surface area (Å²) < 4.78 is 2.62. The SMILES string of the molecule is CCC[CH2][Sn][CH2]C(O)CC. The Bertz CT molecular complexity index is 66.3. The molecule has 1 nitrogen and oxygen atoms in total. The molecule has 0 rings (SSSR count). The van der Waals surface area contributed by atoms with Crippen LogP contribution >= 0.6 is 0 Å². The zero-order chi connectivity index (χ0) is 7.82. The Balaban J connectivity index is 2.89. The number of aliphatic hydroxyl groups excluding tert-OH is 1. The van der Waals surface area contributed by atoms with Crippen molar-refractivity contribution in [3.63, 3.8) is 0 Å². The van der Waals surface area contributed by atoms with E-state index in [-0.39, 0.29) is 27.2 Å². The molecule has 60 valence electrons. The van der Waals surface area contributed by atoms with Crippen LogP contribution in [-0.4, -0.2) is 32.4 Å². The molecule has 0 bridgehead atoms. The van der Waals surface area contributed by atoms with Gasteiger partial charge < -0.3 is 0 Å². The van der Waals surface area contributed by atoms with Gasteiger partial charge in [-0.25, -0.2) is 0 Å². The third-order valence-electron chi connectivity index (χ3n) is 1.56. The monoisotopic (exact) mass is 250 g/mol. The molecule has 2 heteroatoms. The summed E-state index contributed by atoms with van der Waals surface area (Å²) in [7, 11) is 0. The molecule has 1 N–H and O–H groups in total. The standard InChI is InChI=1S/C4H9O.C4H9.Sn/c1-3-4(2)5;1-3-4-2;/h4-5H,2-3H2,1H3;1,3-4H2,2H3;. The number of unbranched alkanes of at least 4 members (excludes halogenated alkanes) is 1. The van der Waals surface area contributed by atoms with E-state index in [9.17, 15) is 5.11 Å². The summed E-state index contributed by atoms with van der Waals surface area (Å²) in [6.07, 6.45) is 3.70. The summed E-state index contributed by atoms with van der Waals surface area (Å²) >= 11 is -0.156.